The van der Waals surface area contributed by atoms with E-state index in [0.29, 0.717) is 6.10 Å². The quantitative estimate of drug-likeness (QED) is 0.545. The van der Waals surface area contributed by atoms with E-state index < -0.39 is 0 Å². The molecule has 0 bridgehead atoms. The molecule has 18 heavy (non-hydrogen) atoms. The summed E-state index contributed by atoms with van der Waals surface area (Å²) in [6.45, 7) is 1.97. The maximum atomic E-state index is 6.01. The third-order valence-corrected chi connectivity index (χ3v) is 3.67. The molecule has 1 fully saturated rings. The molecule has 0 saturated heterocycles. The van der Waals surface area contributed by atoms with Crippen molar-refractivity contribution in [3.05, 3.63) is 12.2 Å². The molecule has 2 nitrogen and oxygen atoms in total. The Bertz CT molecular complexity index is 193. The molecule has 0 aliphatic heterocycles. The number of ether oxygens (including phenoxy) is 1. The second-order valence-electron chi connectivity index (χ2n) is 5.34. The van der Waals surface area contributed by atoms with Crippen LogP contribution in [0.15, 0.2) is 12.2 Å². The second-order valence-corrected chi connectivity index (χ2v) is 5.34. The zero-order chi connectivity index (χ0) is 12.9. The summed E-state index contributed by atoms with van der Waals surface area (Å²) in [6, 6.07) is 0. The van der Waals surface area contributed by atoms with Gasteiger partial charge < -0.3 is 10.1 Å². The van der Waals surface area contributed by atoms with Crippen molar-refractivity contribution >= 4 is 0 Å². The van der Waals surface area contributed by atoms with Crippen LogP contribution < -0.4 is 5.32 Å². The highest BCUT2D eigenvalue weighted by molar-refractivity contribution is 4.82. The van der Waals surface area contributed by atoms with Crippen molar-refractivity contribution in [3.63, 3.8) is 0 Å². The van der Waals surface area contributed by atoms with Gasteiger partial charge in [0.15, 0.2) is 0 Å². The minimum absolute atomic E-state index is 0.536. The summed E-state index contributed by atoms with van der Waals surface area (Å²) in [6.07, 6.45) is 18.2. The average molecular weight is 253 g/mol. The van der Waals surface area contributed by atoms with Gasteiger partial charge in [-0.15, -0.1) is 0 Å². The van der Waals surface area contributed by atoms with Crippen molar-refractivity contribution < 1.29 is 4.74 Å². The molecule has 1 saturated carbocycles. The minimum Gasteiger partial charge on any atom is -0.378 e. The Morgan fingerprint density at radius 3 is 2.22 bits per heavy atom. The molecule has 0 radical (unpaired) electrons. The maximum Gasteiger partial charge on any atom is 0.0575 e. The summed E-state index contributed by atoms with van der Waals surface area (Å²) in [5.41, 5.74) is 0. The Hall–Kier alpha value is -0.340. The minimum atomic E-state index is 0.536. The zero-order valence-corrected chi connectivity index (χ0v) is 12.1. The first kappa shape index (κ1) is 15.7. The van der Waals surface area contributed by atoms with E-state index in [9.17, 15) is 0 Å². The van der Waals surface area contributed by atoms with Gasteiger partial charge in [0.25, 0.3) is 0 Å². The SMILES string of the molecule is CNCC/C=C\CCOC1CCCCCCCC1. The molecule has 0 amide bonds. The molecular weight excluding hydrogens is 222 g/mol. The van der Waals surface area contributed by atoms with E-state index in [1.807, 2.05) is 7.05 Å². The molecule has 0 spiro atoms. The van der Waals surface area contributed by atoms with Crippen LogP contribution in [0, 0.1) is 0 Å². The summed E-state index contributed by atoms with van der Waals surface area (Å²) >= 11 is 0. The van der Waals surface area contributed by atoms with Crippen molar-refractivity contribution in [3.8, 4) is 0 Å². The lowest BCUT2D eigenvalue weighted by Crippen LogP contribution is -2.13. The Kier molecular flexibility index (Phi) is 10.2. The maximum absolute atomic E-state index is 6.01. The predicted octanol–water partition coefficient (Wildman–Crippen LogP) is 4.06. The molecule has 0 aromatic carbocycles. The molecule has 0 unspecified atom stereocenters. The fourth-order valence-corrected chi connectivity index (χ4v) is 2.53. The van der Waals surface area contributed by atoms with Crippen molar-refractivity contribution in [1.82, 2.24) is 5.32 Å². The molecule has 106 valence electrons. The van der Waals surface area contributed by atoms with Gasteiger partial charge in [0.1, 0.15) is 0 Å². The lowest BCUT2D eigenvalue weighted by molar-refractivity contribution is 0.0424. The Labute approximate surface area is 113 Å². The Balaban J connectivity index is 2.03. The number of hydrogen-bond donors (Lipinski definition) is 1. The van der Waals surface area contributed by atoms with Crippen LogP contribution in [-0.4, -0.2) is 26.3 Å². The van der Waals surface area contributed by atoms with Gasteiger partial charge in [-0.05, 0) is 39.3 Å². The van der Waals surface area contributed by atoms with Crippen molar-refractivity contribution in [2.75, 3.05) is 20.2 Å². The Morgan fingerprint density at radius 1 is 0.944 bits per heavy atom. The van der Waals surface area contributed by atoms with Gasteiger partial charge in [0.2, 0.25) is 0 Å². The highest BCUT2D eigenvalue weighted by Gasteiger charge is 2.10. The van der Waals surface area contributed by atoms with Crippen LogP contribution in [0.5, 0.6) is 0 Å². The zero-order valence-electron chi connectivity index (χ0n) is 12.1. The molecule has 0 aromatic rings. The van der Waals surface area contributed by atoms with E-state index in [2.05, 4.69) is 17.5 Å². The summed E-state index contributed by atoms with van der Waals surface area (Å²) in [5, 5.41) is 3.15. The largest absolute Gasteiger partial charge is 0.378 e. The smallest absolute Gasteiger partial charge is 0.0575 e. The van der Waals surface area contributed by atoms with Gasteiger partial charge in [-0.2, -0.15) is 0 Å². The van der Waals surface area contributed by atoms with Gasteiger partial charge in [-0.3, -0.25) is 0 Å². The van der Waals surface area contributed by atoms with Crippen LogP contribution in [0.1, 0.15) is 64.2 Å². The molecule has 0 heterocycles. The van der Waals surface area contributed by atoms with Crippen molar-refractivity contribution in [2.24, 2.45) is 0 Å². The molecular formula is C16H31NO. The summed E-state index contributed by atoms with van der Waals surface area (Å²) in [4.78, 5) is 0. The van der Waals surface area contributed by atoms with Crippen LogP contribution in [0.3, 0.4) is 0 Å². The number of hydrogen-bond acceptors (Lipinski definition) is 2. The van der Waals surface area contributed by atoms with E-state index >= 15 is 0 Å². The fraction of sp³-hybridized carbons (Fsp3) is 0.875. The predicted molar refractivity (Wildman–Crippen MR) is 79.0 cm³/mol. The van der Waals surface area contributed by atoms with Crippen molar-refractivity contribution in [1.29, 1.82) is 0 Å². The van der Waals surface area contributed by atoms with E-state index in [1.165, 1.54) is 51.4 Å². The first-order valence-electron chi connectivity index (χ1n) is 7.84. The standard InChI is InChI=1S/C16H31NO/c1-17-14-10-6-7-11-15-18-16-12-8-4-2-3-5-9-13-16/h6-7,16-17H,2-5,8-15H2,1H3/b7-6-. The van der Waals surface area contributed by atoms with E-state index in [1.54, 1.807) is 0 Å². The number of rotatable bonds is 7. The normalized spacial score (nSPS) is 19.6. The van der Waals surface area contributed by atoms with Crippen LogP contribution in [0.2, 0.25) is 0 Å². The van der Waals surface area contributed by atoms with Crippen LogP contribution >= 0.6 is 0 Å². The van der Waals surface area contributed by atoms with Gasteiger partial charge in [-0.1, -0.05) is 50.7 Å². The van der Waals surface area contributed by atoms with E-state index in [4.69, 9.17) is 4.74 Å². The summed E-state index contributed by atoms with van der Waals surface area (Å²) < 4.78 is 6.01. The molecule has 1 N–H and O–H groups in total. The van der Waals surface area contributed by atoms with Crippen LogP contribution in [-0.2, 0) is 4.74 Å². The monoisotopic (exact) mass is 253 g/mol. The molecule has 1 aliphatic rings. The Morgan fingerprint density at radius 2 is 1.56 bits per heavy atom. The lowest BCUT2D eigenvalue weighted by atomic mass is 10.1. The highest BCUT2D eigenvalue weighted by Crippen LogP contribution is 2.19. The molecule has 1 aliphatic carbocycles. The van der Waals surface area contributed by atoms with Crippen molar-refractivity contribution in [2.45, 2.75) is 70.3 Å². The lowest BCUT2D eigenvalue weighted by Gasteiger charge is -2.16. The average Bonchev–Trinajstić information content (AvgIpc) is 2.51. The first-order valence-corrected chi connectivity index (χ1v) is 7.84. The first-order chi connectivity index (χ1) is 8.93. The summed E-state index contributed by atoms with van der Waals surface area (Å²) in [5.74, 6) is 0. The molecule has 0 aromatic heterocycles. The van der Waals surface area contributed by atoms with E-state index in [0.717, 1.165) is 26.0 Å². The van der Waals surface area contributed by atoms with Gasteiger partial charge in [-0.25, -0.2) is 0 Å². The highest BCUT2D eigenvalue weighted by atomic mass is 16.5. The van der Waals surface area contributed by atoms with E-state index in [-0.39, 0.29) is 0 Å². The van der Waals surface area contributed by atoms with Crippen LogP contribution in [0.25, 0.3) is 0 Å². The van der Waals surface area contributed by atoms with Gasteiger partial charge >= 0.3 is 0 Å². The fourth-order valence-electron chi connectivity index (χ4n) is 2.53. The van der Waals surface area contributed by atoms with Gasteiger partial charge in [0.05, 0.1) is 12.7 Å². The topological polar surface area (TPSA) is 21.3 Å². The van der Waals surface area contributed by atoms with Crippen LogP contribution in [0.4, 0.5) is 0 Å². The molecule has 1 rings (SSSR count). The third-order valence-electron chi connectivity index (χ3n) is 3.67. The molecule has 0 atom stereocenters. The number of nitrogens with one attached hydrogen (secondary N) is 1. The molecule has 2 heteroatoms. The second kappa shape index (κ2) is 11.7. The van der Waals surface area contributed by atoms with Gasteiger partial charge in [0, 0.05) is 0 Å². The summed E-state index contributed by atoms with van der Waals surface area (Å²) in [7, 11) is 1.99. The third kappa shape index (κ3) is 8.71.